The summed E-state index contributed by atoms with van der Waals surface area (Å²) in [5.74, 6) is 0.299. The maximum Gasteiger partial charge on any atom is 0.215 e. The van der Waals surface area contributed by atoms with Gasteiger partial charge in [-0.3, -0.25) is 0 Å². The van der Waals surface area contributed by atoms with Gasteiger partial charge in [-0.1, -0.05) is 6.42 Å². The summed E-state index contributed by atoms with van der Waals surface area (Å²) in [6.45, 7) is 4.22. The first-order valence-electron chi connectivity index (χ1n) is 6.70. The maximum absolute atomic E-state index is 12.1. The summed E-state index contributed by atoms with van der Waals surface area (Å²) in [5, 5.41) is 0. The molecule has 2 aliphatic rings. The monoisotopic (exact) mass is 259 g/mol. The lowest BCUT2D eigenvalue weighted by atomic mass is 10.1. The summed E-state index contributed by atoms with van der Waals surface area (Å²) in [7, 11) is -3.01. The van der Waals surface area contributed by atoms with E-state index in [2.05, 4.69) is 11.3 Å². The van der Waals surface area contributed by atoms with Gasteiger partial charge >= 0.3 is 0 Å². The minimum absolute atomic E-state index is 0.299. The van der Waals surface area contributed by atoms with E-state index in [1.165, 1.54) is 19.3 Å². The van der Waals surface area contributed by atoms with E-state index in [-0.39, 0.29) is 0 Å². The molecule has 0 aromatic heterocycles. The van der Waals surface area contributed by atoms with Crippen LogP contribution in [0.15, 0.2) is 0 Å². The summed E-state index contributed by atoms with van der Waals surface area (Å²) < 4.78 is 25.9. The first-order valence-corrected chi connectivity index (χ1v) is 8.31. The number of nitrogens with zero attached hydrogens (tertiary/aromatic N) is 2. The molecular formula is C12H23N2O2S. The Morgan fingerprint density at radius 2 is 1.59 bits per heavy atom. The fraction of sp³-hybridized carbons (Fsp3) is 0.917. The number of hydrogen-bond donors (Lipinski definition) is 0. The zero-order valence-electron chi connectivity index (χ0n) is 10.5. The van der Waals surface area contributed by atoms with Crippen molar-refractivity contribution in [1.29, 1.82) is 0 Å². The van der Waals surface area contributed by atoms with Crippen LogP contribution in [0.3, 0.4) is 0 Å². The molecule has 99 valence electrons. The molecule has 0 saturated carbocycles. The van der Waals surface area contributed by atoms with Crippen LogP contribution in [0.4, 0.5) is 0 Å². The van der Waals surface area contributed by atoms with Crippen LogP contribution in [0, 0.1) is 6.42 Å². The topological polar surface area (TPSA) is 40.6 Å². The van der Waals surface area contributed by atoms with Crippen LogP contribution in [0.2, 0.25) is 0 Å². The van der Waals surface area contributed by atoms with Crippen LogP contribution in [0.5, 0.6) is 0 Å². The third-order valence-corrected chi connectivity index (χ3v) is 5.52. The van der Waals surface area contributed by atoms with Crippen molar-refractivity contribution in [2.45, 2.75) is 32.1 Å². The predicted octanol–water partition coefficient (Wildman–Crippen LogP) is 1.10. The summed E-state index contributed by atoms with van der Waals surface area (Å²) in [6.07, 6.45) is 7.73. The minimum atomic E-state index is -3.01. The average molecular weight is 259 g/mol. The highest BCUT2D eigenvalue weighted by Crippen LogP contribution is 2.14. The van der Waals surface area contributed by atoms with E-state index in [0.29, 0.717) is 25.4 Å². The molecular weight excluding hydrogens is 236 g/mol. The molecule has 0 aromatic carbocycles. The molecule has 4 nitrogen and oxygen atoms in total. The smallest absolute Gasteiger partial charge is 0.215 e. The molecule has 0 unspecified atom stereocenters. The molecule has 1 radical (unpaired) electrons. The summed E-state index contributed by atoms with van der Waals surface area (Å²) in [5.41, 5.74) is 0. The minimum Gasteiger partial charge on any atom is -0.302 e. The quantitative estimate of drug-likeness (QED) is 0.759. The second kappa shape index (κ2) is 6.16. The van der Waals surface area contributed by atoms with Crippen LogP contribution in [-0.2, 0) is 10.0 Å². The first kappa shape index (κ1) is 13.3. The molecule has 0 atom stereocenters. The molecule has 0 amide bonds. The Bertz CT molecular complexity index is 317. The molecule has 2 rings (SSSR count). The molecule has 17 heavy (non-hydrogen) atoms. The Labute approximate surface area is 105 Å². The molecule has 5 heteroatoms. The van der Waals surface area contributed by atoms with E-state index < -0.39 is 10.0 Å². The molecule has 2 aliphatic heterocycles. The van der Waals surface area contributed by atoms with Gasteiger partial charge in [0, 0.05) is 19.6 Å². The van der Waals surface area contributed by atoms with Gasteiger partial charge in [0.25, 0.3) is 0 Å². The molecule has 0 bridgehead atoms. The van der Waals surface area contributed by atoms with E-state index in [4.69, 9.17) is 0 Å². The van der Waals surface area contributed by atoms with Crippen molar-refractivity contribution >= 4 is 10.0 Å². The average Bonchev–Trinajstić information content (AvgIpc) is 2.39. The van der Waals surface area contributed by atoms with Gasteiger partial charge in [-0.25, -0.2) is 12.7 Å². The van der Waals surface area contributed by atoms with Gasteiger partial charge in [0.05, 0.1) is 5.75 Å². The lowest BCUT2D eigenvalue weighted by Crippen LogP contribution is -2.41. The standard InChI is InChI=1S/C12H23N2O2S/c15-17(16,14-9-5-2-6-10-14)12-11-13-7-3-1-4-8-13/h2H,1,3-12H2. The van der Waals surface area contributed by atoms with Crippen LogP contribution in [0.25, 0.3) is 0 Å². The molecule has 2 fully saturated rings. The lowest BCUT2D eigenvalue weighted by Gasteiger charge is -2.29. The van der Waals surface area contributed by atoms with Crippen molar-refractivity contribution < 1.29 is 8.42 Å². The number of sulfonamides is 1. The zero-order valence-corrected chi connectivity index (χ0v) is 11.3. The van der Waals surface area contributed by atoms with Gasteiger partial charge < -0.3 is 4.90 Å². The fourth-order valence-corrected chi connectivity index (χ4v) is 4.08. The van der Waals surface area contributed by atoms with Crippen LogP contribution < -0.4 is 0 Å². The van der Waals surface area contributed by atoms with Crippen molar-refractivity contribution in [1.82, 2.24) is 9.21 Å². The van der Waals surface area contributed by atoms with Crippen molar-refractivity contribution in [3.8, 4) is 0 Å². The molecule has 0 spiro atoms. The Morgan fingerprint density at radius 1 is 0.941 bits per heavy atom. The summed E-state index contributed by atoms with van der Waals surface area (Å²) >= 11 is 0. The lowest BCUT2D eigenvalue weighted by molar-refractivity contribution is 0.239. The predicted molar refractivity (Wildman–Crippen MR) is 69.2 cm³/mol. The van der Waals surface area contributed by atoms with Gasteiger partial charge in [0.15, 0.2) is 0 Å². The second-order valence-electron chi connectivity index (χ2n) is 4.98. The fourth-order valence-electron chi connectivity index (χ4n) is 2.56. The van der Waals surface area contributed by atoms with Crippen LogP contribution in [0.1, 0.15) is 32.1 Å². The van der Waals surface area contributed by atoms with E-state index in [1.807, 2.05) is 0 Å². The number of likely N-dealkylation sites (tertiary alicyclic amines) is 1. The van der Waals surface area contributed by atoms with Gasteiger partial charge in [-0.15, -0.1) is 0 Å². The first-order chi connectivity index (χ1) is 8.18. The van der Waals surface area contributed by atoms with E-state index >= 15 is 0 Å². The third-order valence-electron chi connectivity index (χ3n) is 3.67. The van der Waals surface area contributed by atoms with E-state index in [1.54, 1.807) is 4.31 Å². The van der Waals surface area contributed by atoms with Crippen molar-refractivity contribution in [2.75, 3.05) is 38.5 Å². The molecule has 0 N–H and O–H groups in total. The second-order valence-corrected chi connectivity index (χ2v) is 7.07. The normalized spacial score (nSPS) is 24.9. The van der Waals surface area contributed by atoms with Crippen molar-refractivity contribution in [3.05, 3.63) is 6.42 Å². The number of hydrogen-bond acceptors (Lipinski definition) is 3. The Kier molecular flexibility index (Phi) is 4.82. The molecule has 0 aromatic rings. The largest absolute Gasteiger partial charge is 0.302 e. The van der Waals surface area contributed by atoms with E-state index in [0.717, 1.165) is 25.9 Å². The Balaban J connectivity index is 1.79. The highest BCUT2D eigenvalue weighted by Gasteiger charge is 2.24. The van der Waals surface area contributed by atoms with Crippen LogP contribution in [-0.4, -0.2) is 56.1 Å². The van der Waals surface area contributed by atoms with Gasteiger partial charge in [-0.05, 0) is 45.2 Å². The van der Waals surface area contributed by atoms with Gasteiger partial charge in [0.2, 0.25) is 10.0 Å². The third kappa shape index (κ3) is 3.93. The van der Waals surface area contributed by atoms with Crippen molar-refractivity contribution in [2.24, 2.45) is 0 Å². The molecule has 0 aliphatic carbocycles. The molecule has 2 saturated heterocycles. The van der Waals surface area contributed by atoms with E-state index in [9.17, 15) is 8.42 Å². The highest BCUT2D eigenvalue weighted by molar-refractivity contribution is 7.89. The Morgan fingerprint density at radius 3 is 2.24 bits per heavy atom. The van der Waals surface area contributed by atoms with Crippen LogP contribution >= 0.6 is 0 Å². The highest BCUT2D eigenvalue weighted by atomic mass is 32.2. The zero-order chi connectivity index (χ0) is 12.1. The van der Waals surface area contributed by atoms with Crippen molar-refractivity contribution in [3.63, 3.8) is 0 Å². The summed E-state index contributed by atoms with van der Waals surface area (Å²) in [4.78, 5) is 2.29. The Hall–Kier alpha value is -0.130. The number of piperidine rings is 2. The van der Waals surface area contributed by atoms with Gasteiger partial charge in [0.1, 0.15) is 0 Å². The van der Waals surface area contributed by atoms with Gasteiger partial charge in [-0.2, -0.15) is 0 Å². The molecule has 2 heterocycles. The SMILES string of the molecule is O=S(=O)(CCN1CCCCC1)N1CC[CH]CC1. The number of rotatable bonds is 4. The summed E-state index contributed by atoms with van der Waals surface area (Å²) in [6, 6.07) is 0. The maximum atomic E-state index is 12.1.